The molecule has 0 aliphatic heterocycles. The number of hydrogen-bond donors (Lipinski definition) is 1. The van der Waals surface area contributed by atoms with Crippen LogP contribution in [0.5, 0.6) is 0 Å². The highest BCUT2D eigenvalue weighted by Crippen LogP contribution is 2.13. The normalized spacial score (nSPS) is 11.1. The smallest absolute Gasteiger partial charge is 0.335 e. The van der Waals surface area contributed by atoms with Gasteiger partial charge in [0.25, 0.3) is 0 Å². The fourth-order valence-electron chi connectivity index (χ4n) is 3.86. The van der Waals surface area contributed by atoms with Crippen LogP contribution >= 0.6 is 0 Å². The zero-order valence-corrected chi connectivity index (χ0v) is 19.5. The molecule has 172 valence electrons. The average molecular weight is 419 g/mol. The molecule has 1 rings (SSSR count). The van der Waals surface area contributed by atoms with E-state index < -0.39 is 5.97 Å². The number of unbranched alkanes of at least 4 members (excludes halogenated alkanes) is 15. The summed E-state index contributed by atoms with van der Waals surface area (Å²) in [5, 5.41) is 8.90. The van der Waals surface area contributed by atoms with Crippen LogP contribution in [0.3, 0.4) is 0 Å². The van der Waals surface area contributed by atoms with Crippen LogP contribution in [-0.2, 0) is 11.2 Å². The van der Waals surface area contributed by atoms with Gasteiger partial charge in [0.05, 0.1) is 12.2 Å². The van der Waals surface area contributed by atoms with E-state index in [9.17, 15) is 4.79 Å². The molecule has 0 aromatic heterocycles. The maximum Gasteiger partial charge on any atom is 0.335 e. The molecule has 0 saturated carbocycles. The molecule has 0 amide bonds. The Hall–Kier alpha value is -1.35. The highest BCUT2D eigenvalue weighted by Gasteiger charge is 2.01. The van der Waals surface area contributed by atoms with E-state index in [1.54, 1.807) is 12.1 Å². The Kier molecular flexibility index (Phi) is 17.4. The van der Waals surface area contributed by atoms with Crippen molar-refractivity contribution in [2.24, 2.45) is 0 Å². The van der Waals surface area contributed by atoms with Gasteiger partial charge in [0.1, 0.15) is 0 Å². The average Bonchev–Trinajstić information content (AvgIpc) is 2.75. The van der Waals surface area contributed by atoms with Crippen molar-refractivity contribution >= 4 is 5.97 Å². The van der Waals surface area contributed by atoms with Gasteiger partial charge in [-0.1, -0.05) is 115 Å². The SMILES string of the molecule is CCCCCCCCCCCCCCCCCCOCCc1ccc(C(=O)O)cc1. The zero-order chi connectivity index (χ0) is 21.7. The number of carboxylic acids is 1. The fraction of sp³-hybridized carbons (Fsp3) is 0.741. The lowest BCUT2D eigenvalue weighted by Crippen LogP contribution is -2.01. The summed E-state index contributed by atoms with van der Waals surface area (Å²) in [5.41, 5.74) is 1.47. The molecule has 1 aromatic rings. The van der Waals surface area contributed by atoms with E-state index in [1.165, 1.54) is 96.3 Å². The second-order valence-electron chi connectivity index (χ2n) is 8.67. The molecular formula is C27H46O3. The van der Waals surface area contributed by atoms with Crippen molar-refractivity contribution in [2.45, 2.75) is 116 Å². The first-order valence-corrected chi connectivity index (χ1v) is 12.6. The van der Waals surface area contributed by atoms with Gasteiger partial charge in [0, 0.05) is 6.61 Å². The molecule has 0 radical (unpaired) electrons. The van der Waals surface area contributed by atoms with Crippen molar-refractivity contribution in [2.75, 3.05) is 13.2 Å². The molecule has 0 fully saturated rings. The van der Waals surface area contributed by atoms with Crippen molar-refractivity contribution < 1.29 is 14.6 Å². The molecule has 0 heterocycles. The van der Waals surface area contributed by atoms with Gasteiger partial charge >= 0.3 is 5.97 Å². The maximum atomic E-state index is 10.8. The van der Waals surface area contributed by atoms with Gasteiger partial charge in [0.15, 0.2) is 0 Å². The van der Waals surface area contributed by atoms with Gasteiger partial charge in [-0.3, -0.25) is 0 Å². The number of aromatic carboxylic acids is 1. The number of benzene rings is 1. The lowest BCUT2D eigenvalue weighted by molar-refractivity contribution is 0.0697. The number of ether oxygens (including phenoxy) is 1. The fourth-order valence-corrected chi connectivity index (χ4v) is 3.86. The summed E-state index contributed by atoms with van der Waals surface area (Å²) >= 11 is 0. The summed E-state index contributed by atoms with van der Waals surface area (Å²) in [6.45, 7) is 3.84. The Morgan fingerprint density at radius 3 is 1.53 bits per heavy atom. The second kappa shape index (κ2) is 19.6. The molecule has 3 heteroatoms. The van der Waals surface area contributed by atoms with Crippen LogP contribution in [0.4, 0.5) is 0 Å². The van der Waals surface area contributed by atoms with E-state index in [0.717, 1.165) is 25.0 Å². The lowest BCUT2D eigenvalue weighted by atomic mass is 10.0. The van der Waals surface area contributed by atoms with Crippen molar-refractivity contribution in [1.29, 1.82) is 0 Å². The van der Waals surface area contributed by atoms with Crippen molar-refractivity contribution in [3.63, 3.8) is 0 Å². The molecule has 0 aliphatic rings. The minimum atomic E-state index is -0.874. The van der Waals surface area contributed by atoms with E-state index in [-0.39, 0.29) is 0 Å². The van der Waals surface area contributed by atoms with Crippen LogP contribution in [0.15, 0.2) is 24.3 Å². The molecule has 0 spiro atoms. The monoisotopic (exact) mass is 418 g/mol. The summed E-state index contributed by atoms with van der Waals surface area (Å²) in [7, 11) is 0. The van der Waals surface area contributed by atoms with Gasteiger partial charge in [-0.05, 0) is 30.5 Å². The number of carboxylic acid groups (broad SMARTS) is 1. The highest BCUT2D eigenvalue weighted by atomic mass is 16.5. The second-order valence-corrected chi connectivity index (χ2v) is 8.67. The van der Waals surface area contributed by atoms with Gasteiger partial charge < -0.3 is 9.84 Å². The van der Waals surface area contributed by atoms with Gasteiger partial charge in [-0.2, -0.15) is 0 Å². The largest absolute Gasteiger partial charge is 0.478 e. The molecule has 0 aliphatic carbocycles. The van der Waals surface area contributed by atoms with Gasteiger partial charge in [-0.25, -0.2) is 4.79 Å². The Morgan fingerprint density at radius 1 is 0.667 bits per heavy atom. The van der Waals surface area contributed by atoms with Crippen LogP contribution in [-0.4, -0.2) is 24.3 Å². The predicted molar refractivity (Wildman–Crippen MR) is 127 cm³/mol. The Balaban J connectivity index is 1.76. The summed E-state index contributed by atoms with van der Waals surface area (Å²) in [4.78, 5) is 10.8. The molecule has 0 atom stereocenters. The van der Waals surface area contributed by atoms with E-state index in [1.807, 2.05) is 12.1 Å². The Bertz CT molecular complexity index is 509. The van der Waals surface area contributed by atoms with Crippen LogP contribution in [0.2, 0.25) is 0 Å². The van der Waals surface area contributed by atoms with Crippen molar-refractivity contribution in [3.05, 3.63) is 35.4 Å². The predicted octanol–water partition coefficient (Wildman–Crippen LogP) is 8.21. The lowest BCUT2D eigenvalue weighted by Gasteiger charge is -2.06. The van der Waals surface area contributed by atoms with Crippen LogP contribution in [0.25, 0.3) is 0 Å². The maximum absolute atomic E-state index is 10.8. The Morgan fingerprint density at radius 2 is 1.10 bits per heavy atom. The molecule has 0 saturated heterocycles. The zero-order valence-electron chi connectivity index (χ0n) is 19.5. The van der Waals surface area contributed by atoms with Crippen LogP contribution in [0, 0.1) is 0 Å². The van der Waals surface area contributed by atoms with Crippen molar-refractivity contribution in [1.82, 2.24) is 0 Å². The first kappa shape index (κ1) is 26.7. The first-order chi connectivity index (χ1) is 14.7. The van der Waals surface area contributed by atoms with E-state index in [4.69, 9.17) is 9.84 Å². The molecule has 3 nitrogen and oxygen atoms in total. The summed E-state index contributed by atoms with van der Waals surface area (Å²) in [6.07, 6.45) is 23.1. The van der Waals surface area contributed by atoms with Gasteiger partial charge in [0.2, 0.25) is 0 Å². The number of rotatable bonds is 21. The van der Waals surface area contributed by atoms with Crippen LogP contribution < -0.4 is 0 Å². The highest BCUT2D eigenvalue weighted by molar-refractivity contribution is 5.87. The third kappa shape index (κ3) is 15.5. The Labute approximate surface area is 185 Å². The summed E-state index contributed by atoms with van der Waals surface area (Å²) < 4.78 is 5.72. The standard InChI is InChI=1S/C27H46O3/c1-2-3-4-5-6-7-8-9-10-11-12-13-14-15-16-17-23-30-24-22-25-18-20-26(21-19-25)27(28)29/h18-21H,2-17,22-24H2,1H3,(H,28,29). The van der Waals surface area contributed by atoms with E-state index in [2.05, 4.69) is 6.92 Å². The molecule has 30 heavy (non-hydrogen) atoms. The molecule has 0 bridgehead atoms. The summed E-state index contributed by atoms with van der Waals surface area (Å²) in [6, 6.07) is 7.07. The summed E-state index contributed by atoms with van der Waals surface area (Å²) in [5.74, 6) is -0.874. The minimum Gasteiger partial charge on any atom is -0.478 e. The molecule has 1 N–H and O–H groups in total. The number of carbonyl (C=O) groups is 1. The van der Waals surface area contributed by atoms with Crippen molar-refractivity contribution in [3.8, 4) is 0 Å². The third-order valence-corrected chi connectivity index (χ3v) is 5.88. The molecule has 0 unspecified atom stereocenters. The van der Waals surface area contributed by atoms with E-state index >= 15 is 0 Å². The topological polar surface area (TPSA) is 46.5 Å². The minimum absolute atomic E-state index is 0.341. The van der Waals surface area contributed by atoms with Gasteiger partial charge in [-0.15, -0.1) is 0 Å². The quantitative estimate of drug-likeness (QED) is 0.205. The first-order valence-electron chi connectivity index (χ1n) is 12.6. The molecule has 1 aromatic carbocycles. The van der Waals surface area contributed by atoms with Crippen LogP contribution in [0.1, 0.15) is 126 Å². The number of hydrogen-bond acceptors (Lipinski definition) is 2. The third-order valence-electron chi connectivity index (χ3n) is 5.88. The molecular weight excluding hydrogens is 372 g/mol. The van der Waals surface area contributed by atoms with E-state index in [0.29, 0.717) is 12.2 Å².